The molecule has 0 aliphatic carbocycles. The Kier molecular flexibility index (Phi) is 6.29. The lowest BCUT2D eigenvalue weighted by Gasteiger charge is -2.33. The van der Waals surface area contributed by atoms with Crippen molar-refractivity contribution in [2.45, 2.75) is 19.4 Å². The van der Waals surface area contributed by atoms with Gasteiger partial charge in [0.1, 0.15) is 10.5 Å². The summed E-state index contributed by atoms with van der Waals surface area (Å²) in [5.74, 6) is -2.42. The van der Waals surface area contributed by atoms with Crippen LogP contribution >= 0.6 is 11.3 Å². The monoisotopic (exact) mass is 498 g/mol. The van der Waals surface area contributed by atoms with Crippen LogP contribution in [0.15, 0.2) is 58.7 Å². The predicted octanol–water partition coefficient (Wildman–Crippen LogP) is 4.78. The van der Waals surface area contributed by atoms with E-state index in [1.54, 1.807) is 22.8 Å². The number of carbonyl (C=O) groups excluding carboxylic acids is 1. The van der Waals surface area contributed by atoms with Crippen LogP contribution in [0.2, 0.25) is 0 Å². The lowest BCUT2D eigenvalue weighted by Crippen LogP contribution is -2.41. The highest BCUT2D eigenvalue weighted by Gasteiger charge is 2.28. The molecule has 0 spiro atoms. The van der Waals surface area contributed by atoms with Gasteiger partial charge in [-0.1, -0.05) is 12.1 Å². The molecule has 4 aromatic rings. The molecule has 3 heterocycles. The van der Waals surface area contributed by atoms with Gasteiger partial charge in [0.2, 0.25) is 11.9 Å². The molecule has 1 aliphatic rings. The highest BCUT2D eigenvalue weighted by atomic mass is 32.1. The van der Waals surface area contributed by atoms with E-state index in [1.807, 2.05) is 10.3 Å². The Hall–Kier alpha value is -3.66. The molecule has 6 nitrogen and oxygen atoms in total. The minimum Gasteiger partial charge on any atom is -0.342 e. The topological polar surface area (TPSA) is 67.2 Å². The number of carbonyl (C=O) groups is 1. The standard InChI is InChI=1S/C25H21F3N4O2S/c26-17-3-1-15(2-4-17)14-32-24(34)22-21(9-12-35-22)30-25(32)31-10-7-16(8-11-31)23(33)29-18-5-6-19(27)20(28)13-18/h1-6,9,12-13,16H,7-8,10-11,14H2,(H,29,33). The molecule has 2 aromatic heterocycles. The van der Waals surface area contributed by atoms with Crippen LogP contribution in [0.3, 0.4) is 0 Å². The van der Waals surface area contributed by atoms with Crippen LogP contribution in [0.25, 0.3) is 10.2 Å². The Balaban J connectivity index is 1.35. The summed E-state index contributed by atoms with van der Waals surface area (Å²) < 4.78 is 42.1. The number of hydrogen-bond acceptors (Lipinski definition) is 5. The third-order valence-corrected chi connectivity index (χ3v) is 7.03. The summed E-state index contributed by atoms with van der Waals surface area (Å²) in [4.78, 5) is 32.7. The number of fused-ring (bicyclic) bond motifs is 1. The second-order valence-corrected chi connectivity index (χ2v) is 9.36. The number of halogens is 3. The minimum atomic E-state index is -1.02. The lowest BCUT2D eigenvalue weighted by molar-refractivity contribution is -0.120. The van der Waals surface area contributed by atoms with Gasteiger partial charge in [-0.3, -0.25) is 14.2 Å². The van der Waals surface area contributed by atoms with Crippen molar-refractivity contribution in [3.63, 3.8) is 0 Å². The zero-order valence-corrected chi connectivity index (χ0v) is 19.3. The maximum Gasteiger partial charge on any atom is 0.273 e. The van der Waals surface area contributed by atoms with Gasteiger partial charge in [0.05, 0.1) is 12.1 Å². The Morgan fingerprint density at radius 3 is 2.49 bits per heavy atom. The molecular weight excluding hydrogens is 477 g/mol. The number of piperidine rings is 1. The van der Waals surface area contributed by atoms with Gasteiger partial charge in [-0.15, -0.1) is 11.3 Å². The highest BCUT2D eigenvalue weighted by molar-refractivity contribution is 7.17. The Labute approximate surface area is 202 Å². The van der Waals surface area contributed by atoms with Crippen molar-refractivity contribution < 1.29 is 18.0 Å². The van der Waals surface area contributed by atoms with Gasteiger partial charge in [0.25, 0.3) is 5.56 Å². The molecule has 0 atom stereocenters. The van der Waals surface area contributed by atoms with Gasteiger partial charge in [0.15, 0.2) is 11.6 Å². The molecule has 10 heteroatoms. The van der Waals surface area contributed by atoms with Crippen molar-refractivity contribution in [1.82, 2.24) is 9.55 Å². The number of hydrogen-bond donors (Lipinski definition) is 1. The summed E-state index contributed by atoms with van der Waals surface area (Å²) in [6, 6.07) is 11.0. The van der Waals surface area contributed by atoms with Gasteiger partial charge in [-0.2, -0.15) is 0 Å². The van der Waals surface area contributed by atoms with E-state index < -0.39 is 11.6 Å². The second-order valence-electron chi connectivity index (χ2n) is 8.44. The van der Waals surface area contributed by atoms with E-state index in [1.165, 1.54) is 29.5 Å². The summed E-state index contributed by atoms with van der Waals surface area (Å²) in [5, 5.41) is 4.47. The molecule has 5 rings (SSSR count). The number of nitrogens with zero attached hydrogens (tertiary/aromatic N) is 3. The molecule has 1 saturated heterocycles. The number of anilines is 2. The van der Waals surface area contributed by atoms with Gasteiger partial charge in [-0.25, -0.2) is 18.2 Å². The number of rotatable bonds is 5. The number of nitrogens with one attached hydrogen (secondary N) is 1. The number of amides is 1. The van der Waals surface area contributed by atoms with E-state index in [0.29, 0.717) is 42.1 Å². The predicted molar refractivity (Wildman–Crippen MR) is 129 cm³/mol. The molecule has 0 bridgehead atoms. The minimum absolute atomic E-state index is 0.164. The molecule has 1 aliphatic heterocycles. The van der Waals surface area contributed by atoms with Crippen molar-refractivity contribution in [2.24, 2.45) is 5.92 Å². The Morgan fingerprint density at radius 2 is 1.77 bits per heavy atom. The second kappa shape index (κ2) is 9.53. The van der Waals surface area contributed by atoms with E-state index in [4.69, 9.17) is 4.98 Å². The van der Waals surface area contributed by atoms with E-state index in [-0.39, 0.29) is 35.4 Å². The van der Waals surface area contributed by atoms with E-state index in [2.05, 4.69) is 5.32 Å². The van der Waals surface area contributed by atoms with Crippen molar-refractivity contribution in [1.29, 1.82) is 0 Å². The van der Waals surface area contributed by atoms with E-state index >= 15 is 0 Å². The largest absolute Gasteiger partial charge is 0.342 e. The van der Waals surface area contributed by atoms with Crippen molar-refractivity contribution >= 4 is 39.1 Å². The maximum absolute atomic E-state index is 13.5. The third kappa shape index (κ3) is 4.79. The van der Waals surface area contributed by atoms with Crippen LogP contribution in [-0.4, -0.2) is 28.5 Å². The molecular formula is C25H21F3N4O2S. The van der Waals surface area contributed by atoms with Crippen LogP contribution in [-0.2, 0) is 11.3 Å². The summed E-state index contributed by atoms with van der Waals surface area (Å²) in [5.41, 5.74) is 1.42. The molecule has 35 heavy (non-hydrogen) atoms. The fraction of sp³-hybridized carbons (Fsp3) is 0.240. The zero-order valence-electron chi connectivity index (χ0n) is 18.5. The molecule has 180 valence electrons. The average Bonchev–Trinajstić information content (AvgIpc) is 3.33. The van der Waals surface area contributed by atoms with Crippen LogP contribution in [0.4, 0.5) is 24.8 Å². The first kappa shape index (κ1) is 23.1. The smallest absolute Gasteiger partial charge is 0.273 e. The first-order valence-corrected chi connectivity index (χ1v) is 12.0. The SMILES string of the molecule is O=C(Nc1ccc(F)c(F)c1)C1CCN(c2nc3ccsc3c(=O)n2Cc2ccc(F)cc2)CC1. The van der Waals surface area contributed by atoms with Crippen LogP contribution < -0.4 is 15.8 Å². The Bertz CT molecular complexity index is 1440. The molecule has 1 fully saturated rings. The summed E-state index contributed by atoms with van der Waals surface area (Å²) in [6.07, 6.45) is 1.01. The van der Waals surface area contributed by atoms with Crippen molar-refractivity contribution in [2.75, 3.05) is 23.3 Å². The van der Waals surface area contributed by atoms with Gasteiger partial charge in [0, 0.05) is 30.8 Å². The summed E-state index contributed by atoms with van der Waals surface area (Å²) >= 11 is 1.33. The third-order valence-electron chi connectivity index (χ3n) is 6.14. The van der Waals surface area contributed by atoms with Crippen molar-refractivity contribution in [3.8, 4) is 0 Å². The molecule has 2 aromatic carbocycles. The zero-order chi connectivity index (χ0) is 24.5. The number of aromatic nitrogens is 2. The molecule has 0 radical (unpaired) electrons. The molecule has 1 amide bonds. The normalized spacial score (nSPS) is 14.4. The number of thiophene rings is 1. The fourth-order valence-corrected chi connectivity index (χ4v) is 5.03. The van der Waals surface area contributed by atoms with Crippen LogP contribution in [0.5, 0.6) is 0 Å². The average molecular weight is 499 g/mol. The highest BCUT2D eigenvalue weighted by Crippen LogP contribution is 2.26. The van der Waals surface area contributed by atoms with Gasteiger partial charge >= 0.3 is 0 Å². The molecule has 0 unspecified atom stereocenters. The Morgan fingerprint density at radius 1 is 1.03 bits per heavy atom. The number of benzene rings is 2. The van der Waals surface area contributed by atoms with E-state index in [0.717, 1.165) is 17.7 Å². The lowest BCUT2D eigenvalue weighted by atomic mass is 9.96. The summed E-state index contributed by atoms with van der Waals surface area (Å²) in [7, 11) is 0. The van der Waals surface area contributed by atoms with E-state index in [9.17, 15) is 22.8 Å². The first-order valence-electron chi connectivity index (χ1n) is 11.1. The van der Waals surface area contributed by atoms with Crippen molar-refractivity contribution in [3.05, 3.63) is 87.3 Å². The van der Waals surface area contributed by atoms with Crippen LogP contribution in [0.1, 0.15) is 18.4 Å². The molecule has 0 saturated carbocycles. The fourth-order valence-electron chi connectivity index (χ4n) is 4.25. The summed E-state index contributed by atoms with van der Waals surface area (Å²) in [6.45, 7) is 1.22. The first-order chi connectivity index (χ1) is 16.9. The maximum atomic E-state index is 13.5. The van der Waals surface area contributed by atoms with Gasteiger partial charge < -0.3 is 10.2 Å². The van der Waals surface area contributed by atoms with Gasteiger partial charge in [-0.05, 0) is 54.1 Å². The van der Waals surface area contributed by atoms with Crippen LogP contribution in [0, 0.1) is 23.4 Å². The quantitative estimate of drug-likeness (QED) is 0.430. The molecule has 1 N–H and O–H groups in total.